The molecule has 4 atom stereocenters. The predicted molar refractivity (Wildman–Crippen MR) is 168 cm³/mol. The molecule has 0 aromatic heterocycles. The maximum atomic E-state index is 2.55. The van der Waals surface area contributed by atoms with E-state index >= 15 is 0 Å². The van der Waals surface area contributed by atoms with Gasteiger partial charge in [0.25, 0.3) is 0 Å². The number of halogens is 2. The van der Waals surface area contributed by atoms with E-state index in [1.165, 1.54) is 38.5 Å². The fraction of sp³-hybridized carbons (Fsp3) is 0.294. The molecule has 10 saturated heterocycles. The zero-order chi connectivity index (χ0) is 23.5. The summed E-state index contributed by atoms with van der Waals surface area (Å²) in [7, 11) is -0.628. The van der Waals surface area contributed by atoms with Crippen LogP contribution in [-0.2, 0) is 6.51 Å². The molecule has 14 rings (SSSR count). The topological polar surface area (TPSA) is 0 Å². The van der Waals surface area contributed by atoms with Gasteiger partial charge in [0.05, 0.1) is 0 Å². The molecule has 10 aliphatic rings. The molecule has 10 heterocycles. The summed E-state index contributed by atoms with van der Waals surface area (Å²) in [4.78, 5) is 10.2. The minimum atomic E-state index is -3.82. The van der Waals surface area contributed by atoms with Crippen molar-refractivity contribution in [2.75, 3.05) is 0 Å². The minimum absolute atomic E-state index is 0. The Balaban J connectivity index is 0.000000962. The van der Waals surface area contributed by atoms with E-state index in [1.807, 2.05) is 0 Å². The Morgan fingerprint density at radius 3 is 0.846 bits per heavy atom. The Morgan fingerprint density at radius 1 is 0.385 bits per heavy atom. The van der Waals surface area contributed by atoms with E-state index in [2.05, 4.69) is 121 Å². The summed E-state index contributed by atoms with van der Waals surface area (Å²) in [6, 6.07) is 48.2. The standard InChI is InChI=1S/C29H23P2.C5H5.2ClH.Fe/c1-5-14-24(15-6-1)30(25-16-7-2-8-17-25)28-22-13-23-29(28)31(26-18-9-3-10-19-26)27-20-11-4-12-21-27;1-2-4-5-3-1;;;/h1-23H;1-5H;2*1H;. The molecule has 5 heteroatoms. The Morgan fingerprint density at radius 2 is 0.641 bits per heavy atom. The molecular weight excluding hydrogens is 597 g/mol. The third kappa shape index (κ3) is 0.547. The SMILES string of the molecule is Cl.Cl.c1ccc(P(c2ccccc2)[C]23[CH]4[CH]5[CH]6[C]2(P(c2ccccc2)c2ccccc2)[Fe]54632789[CH]3[CH]2[CH]7[CH]8[CH]39)cc1. The van der Waals surface area contributed by atoms with Gasteiger partial charge in [-0.05, 0) is 0 Å². The van der Waals surface area contributed by atoms with E-state index in [-0.39, 0.29) is 40.7 Å². The van der Waals surface area contributed by atoms with Gasteiger partial charge in [-0.2, -0.15) is 0 Å². The van der Waals surface area contributed by atoms with E-state index in [9.17, 15) is 0 Å². The van der Waals surface area contributed by atoms with Gasteiger partial charge in [-0.15, -0.1) is 24.8 Å². The van der Waals surface area contributed by atoms with Gasteiger partial charge in [0.15, 0.2) is 0 Å². The number of hydrogen-bond acceptors (Lipinski definition) is 0. The molecule has 0 nitrogen and oxygen atoms in total. The van der Waals surface area contributed by atoms with Gasteiger partial charge in [0.1, 0.15) is 0 Å². The Hall–Kier alpha value is -1.16. The van der Waals surface area contributed by atoms with E-state index < -0.39 is 6.51 Å². The van der Waals surface area contributed by atoms with Crippen molar-refractivity contribution in [3.05, 3.63) is 121 Å². The molecule has 0 bridgehead atoms. The summed E-state index contributed by atoms with van der Waals surface area (Å²) in [5.74, 6) is 0. The molecule has 198 valence electrons. The molecule has 0 saturated carbocycles. The molecule has 4 aromatic rings. The maximum absolute atomic E-state index is 3.82. The van der Waals surface area contributed by atoms with Gasteiger partial charge in [-0.25, -0.2) is 0 Å². The van der Waals surface area contributed by atoms with Crippen molar-refractivity contribution in [2.24, 2.45) is 0 Å². The van der Waals surface area contributed by atoms with Crippen LogP contribution in [0.5, 0.6) is 0 Å². The number of rotatable bonds is 6. The van der Waals surface area contributed by atoms with Gasteiger partial charge in [0, 0.05) is 0 Å². The normalized spacial score (nSPS) is 59.8. The molecular formula is C34H30Cl2FeP2. The Kier molecular flexibility index (Phi) is 1.88. The number of fused-ring (bicyclic) bond motifs is 10. The summed E-state index contributed by atoms with van der Waals surface area (Å²) >= 11 is 0. The first-order chi connectivity index (χ1) is 18.1. The summed E-state index contributed by atoms with van der Waals surface area (Å²) in [5, 5.41) is 6.86. The third-order valence-electron chi connectivity index (χ3n) is 19.4. The van der Waals surface area contributed by atoms with Crippen LogP contribution >= 0.6 is 40.7 Å². The molecule has 4 aromatic carbocycles. The van der Waals surface area contributed by atoms with E-state index in [1.54, 1.807) is 21.2 Å². The zero-order valence-corrected chi connectivity index (χ0v) is 25.8. The van der Waals surface area contributed by atoms with Crippen LogP contribution in [0, 0.1) is 0 Å². The first-order valence-electron chi connectivity index (χ1n) is 14.1. The van der Waals surface area contributed by atoms with Gasteiger partial charge in [-0.1, -0.05) is 0 Å². The molecule has 1 spiro atoms. The van der Waals surface area contributed by atoms with E-state index in [0.717, 1.165) is 8.11 Å². The molecule has 10 fully saturated rings. The van der Waals surface area contributed by atoms with Crippen molar-refractivity contribution in [1.82, 2.24) is 0 Å². The molecule has 0 N–H and O–H groups in total. The summed E-state index contributed by atoms with van der Waals surface area (Å²) < 4.78 is 1.48. The first kappa shape index (κ1) is 21.5. The van der Waals surface area contributed by atoms with Crippen molar-refractivity contribution in [2.45, 2.75) is 46.6 Å². The van der Waals surface area contributed by atoms with Gasteiger partial charge >= 0.3 is 212 Å². The molecule has 10 aliphatic heterocycles. The summed E-state index contributed by atoms with van der Waals surface area (Å²) in [5.41, 5.74) is 0. The zero-order valence-electron chi connectivity index (χ0n) is 21.2. The van der Waals surface area contributed by atoms with Crippen LogP contribution in [0.15, 0.2) is 121 Å². The molecule has 39 heavy (non-hydrogen) atoms. The molecule has 0 radical (unpaired) electrons. The molecule has 4 unspecified atom stereocenters. The fourth-order valence-corrected chi connectivity index (χ4v) is 126. The monoisotopic (exact) mass is 626 g/mol. The first-order valence-corrected chi connectivity index (χ1v) is 23.0. The van der Waals surface area contributed by atoms with Crippen LogP contribution in [0.2, 0.25) is 38.5 Å². The van der Waals surface area contributed by atoms with E-state index in [4.69, 9.17) is 0 Å². The number of benzene rings is 4. The number of hydrogen-bond donors (Lipinski definition) is 0. The average Bonchev–Trinajstić information content (AvgIpc) is 3.92. The fourth-order valence-electron chi connectivity index (χ4n) is 20.9. The Bertz CT molecular complexity index is 1920. The quantitative estimate of drug-likeness (QED) is 0.149. The summed E-state index contributed by atoms with van der Waals surface area (Å²) in [6.07, 6.45) is 0. The van der Waals surface area contributed by atoms with E-state index in [0.29, 0.717) is 0 Å². The van der Waals surface area contributed by atoms with Crippen LogP contribution in [0.25, 0.3) is 0 Å². The van der Waals surface area contributed by atoms with Crippen molar-refractivity contribution in [3.8, 4) is 0 Å². The second-order valence-corrected chi connectivity index (χ2v) is 44.5. The Labute approximate surface area is 235 Å². The summed E-state index contributed by atoms with van der Waals surface area (Å²) in [6.45, 7) is -3.82. The molecule has 0 aliphatic carbocycles. The van der Waals surface area contributed by atoms with Crippen LogP contribution in [0.1, 0.15) is 0 Å². The third-order valence-corrected chi connectivity index (χ3v) is 76.3. The van der Waals surface area contributed by atoms with Crippen LogP contribution in [0.3, 0.4) is 0 Å². The van der Waals surface area contributed by atoms with Crippen LogP contribution in [-0.4, -0.2) is 8.11 Å². The van der Waals surface area contributed by atoms with Crippen molar-refractivity contribution in [1.29, 1.82) is 0 Å². The second kappa shape index (κ2) is 3.41. The van der Waals surface area contributed by atoms with Gasteiger partial charge in [-0.3, -0.25) is 0 Å². The van der Waals surface area contributed by atoms with Gasteiger partial charge in [0.2, 0.25) is 0 Å². The van der Waals surface area contributed by atoms with Crippen LogP contribution < -0.4 is 21.2 Å². The van der Waals surface area contributed by atoms with Crippen molar-refractivity contribution >= 4 is 61.9 Å². The van der Waals surface area contributed by atoms with Crippen LogP contribution in [0.4, 0.5) is 0 Å². The van der Waals surface area contributed by atoms with Crippen molar-refractivity contribution in [3.63, 3.8) is 0 Å². The average molecular weight is 627 g/mol. The molecule has 0 amide bonds. The van der Waals surface area contributed by atoms with Gasteiger partial charge < -0.3 is 0 Å². The van der Waals surface area contributed by atoms with Crippen molar-refractivity contribution < 1.29 is 6.51 Å². The predicted octanol–water partition coefficient (Wildman–Crippen LogP) is 8.30. The second-order valence-electron chi connectivity index (χ2n) is 15.7.